The number of carbonyl (C=O) groups is 1. The lowest BCUT2D eigenvalue weighted by atomic mass is 10.2. The number of carbonyl (C=O) groups excluding carboxylic acids is 1. The van der Waals surface area contributed by atoms with Crippen LogP contribution in [-0.2, 0) is 4.79 Å². The normalized spacial score (nSPS) is 9.14. The van der Waals surface area contributed by atoms with Gasteiger partial charge in [0.1, 0.15) is 0 Å². The zero-order valence-corrected chi connectivity index (χ0v) is 8.21. The van der Waals surface area contributed by atoms with Gasteiger partial charge < -0.3 is 5.32 Å². The molecule has 0 spiro atoms. The summed E-state index contributed by atoms with van der Waals surface area (Å²) in [6, 6.07) is 7.27. The Morgan fingerprint density at radius 3 is 3.00 bits per heavy atom. The molecule has 2 nitrogen and oxygen atoms in total. The van der Waals surface area contributed by atoms with Crippen molar-refractivity contribution in [2.75, 3.05) is 5.32 Å². The molecule has 72 valence electrons. The summed E-state index contributed by atoms with van der Waals surface area (Å²) < 4.78 is 0. The van der Waals surface area contributed by atoms with E-state index >= 15 is 0 Å². The number of anilines is 1. The molecule has 0 aliphatic carbocycles. The molecule has 0 bridgehead atoms. The lowest BCUT2D eigenvalue weighted by Gasteiger charge is -2.03. The number of hydrogen-bond donors (Lipinski definition) is 1. The summed E-state index contributed by atoms with van der Waals surface area (Å²) in [6.07, 6.45) is 6.64. The Balaban J connectivity index is 2.68. The van der Waals surface area contributed by atoms with Crippen LogP contribution in [0.1, 0.15) is 25.3 Å². The van der Waals surface area contributed by atoms with Crippen LogP contribution in [0.4, 0.5) is 5.69 Å². The van der Waals surface area contributed by atoms with Gasteiger partial charge in [0, 0.05) is 17.7 Å². The molecule has 2 heteroatoms. The quantitative estimate of drug-likeness (QED) is 0.723. The van der Waals surface area contributed by atoms with Gasteiger partial charge >= 0.3 is 0 Å². The summed E-state index contributed by atoms with van der Waals surface area (Å²) in [5, 5.41) is 2.78. The third-order valence-electron chi connectivity index (χ3n) is 1.79. The molecule has 0 atom stereocenters. The van der Waals surface area contributed by atoms with Crippen molar-refractivity contribution < 1.29 is 4.79 Å². The predicted octanol–water partition coefficient (Wildman–Crippen LogP) is 2.41. The largest absolute Gasteiger partial charge is 0.326 e. The Hall–Kier alpha value is -1.75. The highest BCUT2D eigenvalue weighted by Gasteiger charge is 2.00. The zero-order chi connectivity index (χ0) is 10.4. The van der Waals surface area contributed by atoms with Crippen molar-refractivity contribution in [2.24, 2.45) is 0 Å². The van der Waals surface area contributed by atoms with Crippen LogP contribution in [0, 0.1) is 12.3 Å². The molecule has 0 saturated carbocycles. The van der Waals surface area contributed by atoms with Crippen LogP contribution in [0.5, 0.6) is 0 Å². The summed E-state index contributed by atoms with van der Waals surface area (Å²) in [5.41, 5.74) is 1.54. The standard InChI is InChI=1S/C12H13NO/c1-3-6-12(14)13-11-8-5-7-10(4-2)9-11/h2,5,7-9H,3,6H2,1H3,(H,13,14). The first kappa shape index (κ1) is 10.3. The highest BCUT2D eigenvalue weighted by Crippen LogP contribution is 2.10. The predicted molar refractivity (Wildman–Crippen MR) is 57.9 cm³/mol. The Labute approximate surface area is 84.3 Å². The number of benzene rings is 1. The average molecular weight is 187 g/mol. The van der Waals surface area contributed by atoms with Gasteiger partial charge in [-0.15, -0.1) is 6.42 Å². The zero-order valence-electron chi connectivity index (χ0n) is 8.21. The Kier molecular flexibility index (Phi) is 3.75. The minimum atomic E-state index is 0.0293. The first-order chi connectivity index (χ1) is 6.76. The van der Waals surface area contributed by atoms with Crippen molar-refractivity contribution in [3.8, 4) is 12.3 Å². The van der Waals surface area contributed by atoms with Crippen LogP contribution in [0.25, 0.3) is 0 Å². The molecular weight excluding hydrogens is 174 g/mol. The van der Waals surface area contributed by atoms with Crippen LogP contribution >= 0.6 is 0 Å². The fourth-order valence-electron chi connectivity index (χ4n) is 1.14. The lowest BCUT2D eigenvalue weighted by molar-refractivity contribution is -0.116. The van der Waals surface area contributed by atoms with Gasteiger partial charge in [0.25, 0.3) is 0 Å². The second-order valence-corrected chi connectivity index (χ2v) is 3.02. The summed E-state index contributed by atoms with van der Waals surface area (Å²) in [5.74, 6) is 2.55. The Morgan fingerprint density at radius 1 is 1.57 bits per heavy atom. The molecule has 0 aromatic heterocycles. The summed E-state index contributed by atoms with van der Waals surface area (Å²) >= 11 is 0. The molecular formula is C12H13NO. The summed E-state index contributed by atoms with van der Waals surface area (Å²) in [4.78, 5) is 11.2. The number of amides is 1. The van der Waals surface area contributed by atoms with Crippen LogP contribution in [0.3, 0.4) is 0 Å². The monoisotopic (exact) mass is 187 g/mol. The molecule has 1 aromatic rings. The van der Waals surface area contributed by atoms with Gasteiger partial charge in [-0.05, 0) is 24.6 Å². The minimum absolute atomic E-state index is 0.0293. The third kappa shape index (κ3) is 2.95. The topological polar surface area (TPSA) is 29.1 Å². The van der Waals surface area contributed by atoms with E-state index in [0.717, 1.165) is 17.7 Å². The van der Waals surface area contributed by atoms with E-state index in [2.05, 4.69) is 11.2 Å². The number of rotatable bonds is 3. The second-order valence-electron chi connectivity index (χ2n) is 3.02. The Morgan fingerprint density at radius 2 is 2.36 bits per heavy atom. The van der Waals surface area contributed by atoms with Crippen molar-refractivity contribution >= 4 is 11.6 Å². The second kappa shape index (κ2) is 5.08. The van der Waals surface area contributed by atoms with E-state index in [1.54, 1.807) is 6.07 Å². The molecule has 1 amide bonds. The third-order valence-corrected chi connectivity index (χ3v) is 1.79. The van der Waals surface area contributed by atoms with Gasteiger partial charge in [-0.2, -0.15) is 0 Å². The molecule has 0 aliphatic rings. The first-order valence-corrected chi connectivity index (χ1v) is 4.62. The van der Waals surface area contributed by atoms with Crippen LogP contribution in [0.15, 0.2) is 24.3 Å². The molecule has 0 aliphatic heterocycles. The number of nitrogens with one attached hydrogen (secondary N) is 1. The average Bonchev–Trinajstić information content (AvgIpc) is 2.18. The van der Waals surface area contributed by atoms with Crippen molar-refractivity contribution in [2.45, 2.75) is 19.8 Å². The minimum Gasteiger partial charge on any atom is -0.326 e. The van der Waals surface area contributed by atoms with E-state index in [0.29, 0.717) is 6.42 Å². The fraction of sp³-hybridized carbons (Fsp3) is 0.250. The molecule has 1 aromatic carbocycles. The SMILES string of the molecule is C#Cc1cccc(NC(=O)CCC)c1. The van der Waals surface area contributed by atoms with Gasteiger partial charge in [-0.25, -0.2) is 0 Å². The van der Waals surface area contributed by atoms with Crippen molar-refractivity contribution in [1.29, 1.82) is 0 Å². The van der Waals surface area contributed by atoms with E-state index in [9.17, 15) is 4.79 Å². The maximum absolute atomic E-state index is 11.2. The van der Waals surface area contributed by atoms with Crippen LogP contribution in [0.2, 0.25) is 0 Å². The summed E-state index contributed by atoms with van der Waals surface area (Å²) in [6.45, 7) is 1.97. The molecule has 0 unspecified atom stereocenters. The maximum Gasteiger partial charge on any atom is 0.224 e. The smallest absolute Gasteiger partial charge is 0.224 e. The van der Waals surface area contributed by atoms with Crippen molar-refractivity contribution in [3.63, 3.8) is 0 Å². The van der Waals surface area contributed by atoms with E-state index in [4.69, 9.17) is 6.42 Å². The van der Waals surface area contributed by atoms with E-state index in [1.165, 1.54) is 0 Å². The lowest BCUT2D eigenvalue weighted by Crippen LogP contribution is -2.10. The van der Waals surface area contributed by atoms with Crippen LogP contribution < -0.4 is 5.32 Å². The van der Waals surface area contributed by atoms with E-state index < -0.39 is 0 Å². The van der Waals surface area contributed by atoms with E-state index in [-0.39, 0.29) is 5.91 Å². The van der Waals surface area contributed by atoms with Gasteiger partial charge in [0.15, 0.2) is 0 Å². The number of hydrogen-bond acceptors (Lipinski definition) is 1. The van der Waals surface area contributed by atoms with E-state index in [1.807, 2.05) is 25.1 Å². The Bertz CT molecular complexity index is 363. The van der Waals surface area contributed by atoms with Crippen molar-refractivity contribution in [1.82, 2.24) is 0 Å². The molecule has 14 heavy (non-hydrogen) atoms. The highest BCUT2D eigenvalue weighted by molar-refractivity contribution is 5.90. The van der Waals surface area contributed by atoms with Gasteiger partial charge in [-0.3, -0.25) is 4.79 Å². The molecule has 1 N–H and O–H groups in total. The molecule has 1 rings (SSSR count). The number of terminal acetylenes is 1. The molecule has 0 fully saturated rings. The highest BCUT2D eigenvalue weighted by atomic mass is 16.1. The molecule has 0 heterocycles. The van der Waals surface area contributed by atoms with Crippen molar-refractivity contribution in [3.05, 3.63) is 29.8 Å². The molecule has 0 saturated heterocycles. The first-order valence-electron chi connectivity index (χ1n) is 4.62. The van der Waals surface area contributed by atoms with Gasteiger partial charge in [0.2, 0.25) is 5.91 Å². The van der Waals surface area contributed by atoms with Crippen LogP contribution in [-0.4, -0.2) is 5.91 Å². The summed E-state index contributed by atoms with van der Waals surface area (Å²) in [7, 11) is 0. The fourth-order valence-corrected chi connectivity index (χ4v) is 1.14. The molecule has 0 radical (unpaired) electrons. The van der Waals surface area contributed by atoms with Gasteiger partial charge in [-0.1, -0.05) is 18.9 Å². The van der Waals surface area contributed by atoms with Gasteiger partial charge in [0.05, 0.1) is 0 Å². The maximum atomic E-state index is 11.2.